The fourth-order valence-electron chi connectivity index (χ4n) is 4.56. The summed E-state index contributed by atoms with van der Waals surface area (Å²) in [7, 11) is 1.59. The van der Waals surface area contributed by atoms with E-state index in [1.54, 1.807) is 13.2 Å². The molecule has 0 saturated carbocycles. The number of carbonyl (C=O) groups excluding carboxylic acids is 2. The SMILES string of the molecule is COc1cccc(C(=O)N2c3ccccc3C(N(C(=O)C(C)C)c3ccccc3)CC2C)c1. The molecule has 170 valence electrons. The number of nitrogens with zero attached hydrogens (tertiary/aromatic N) is 2. The molecule has 2 unspecified atom stereocenters. The molecule has 0 aliphatic carbocycles. The third-order valence-corrected chi connectivity index (χ3v) is 6.17. The predicted molar refractivity (Wildman–Crippen MR) is 132 cm³/mol. The molecule has 2 atom stereocenters. The summed E-state index contributed by atoms with van der Waals surface area (Å²) in [6.07, 6.45) is 0.639. The number of carbonyl (C=O) groups is 2. The molecule has 0 N–H and O–H groups in total. The van der Waals surface area contributed by atoms with Crippen LogP contribution in [0, 0.1) is 5.92 Å². The van der Waals surface area contributed by atoms with Crippen molar-refractivity contribution in [1.82, 2.24) is 0 Å². The van der Waals surface area contributed by atoms with Crippen molar-refractivity contribution in [2.24, 2.45) is 5.92 Å². The van der Waals surface area contributed by atoms with Gasteiger partial charge in [-0.25, -0.2) is 0 Å². The van der Waals surface area contributed by atoms with Crippen LogP contribution in [-0.4, -0.2) is 25.0 Å². The van der Waals surface area contributed by atoms with Crippen LogP contribution < -0.4 is 14.5 Å². The highest BCUT2D eigenvalue weighted by Gasteiger charge is 2.39. The highest BCUT2D eigenvalue weighted by Crippen LogP contribution is 2.43. The molecule has 1 aliphatic heterocycles. The van der Waals surface area contributed by atoms with E-state index in [0.29, 0.717) is 17.7 Å². The summed E-state index contributed by atoms with van der Waals surface area (Å²) in [6.45, 7) is 5.90. The summed E-state index contributed by atoms with van der Waals surface area (Å²) >= 11 is 0. The Kier molecular flexibility index (Phi) is 6.50. The predicted octanol–water partition coefficient (Wildman–Crippen LogP) is 5.86. The number of para-hydroxylation sites is 2. The second-order valence-electron chi connectivity index (χ2n) is 8.76. The summed E-state index contributed by atoms with van der Waals surface area (Å²) in [5.74, 6) is 0.494. The molecule has 0 spiro atoms. The summed E-state index contributed by atoms with van der Waals surface area (Å²) in [4.78, 5) is 30.8. The average molecular weight is 443 g/mol. The number of anilines is 2. The zero-order valence-corrected chi connectivity index (χ0v) is 19.6. The van der Waals surface area contributed by atoms with Gasteiger partial charge in [0.25, 0.3) is 5.91 Å². The fraction of sp³-hybridized carbons (Fsp3) is 0.286. The van der Waals surface area contributed by atoms with E-state index in [1.807, 2.05) is 103 Å². The van der Waals surface area contributed by atoms with Crippen LogP contribution in [0.25, 0.3) is 0 Å². The second kappa shape index (κ2) is 9.49. The topological polar surface area (TPSA) is 49.9 Å². The number of rotatable bonds is 5. The minimum absolute atomic E-state index is 0.0702. The van der Waals surface area contributed by atoms with E-state index in [2.05, 4.69) is 0 Å². The van der Waals surface area contributed by atoms with Crippen LogP contribution in [0.15, 0.2) is 78.9 Å². The summed E-state index contributed by atoms with van der Waals surface area (Å²) in [5, 5.41) is 0. The van der Waals surface area contributed by atoms with Gasteiger partial charge in [0, 0.05) is 28.9 Å². The molecule has 1 heterocycles. The van der Waals surface area contributed by atoms with E-state index in [4.69, 9.17) is 4.74 Å². The van der Waals surface area contributed by atoms with Gasteiger partial charge < -0.3 is 14.5 Å². The van der Waals surface area contributed by atoms with Crippen LogP contribution in [0.3, 0.4) is 0 Å². The Morgan fingerprint density at radius 2 is 1.67 bits per heavy atom. The van der Waals surface area contributed by atoms with E-state index >= 15 is 0 Å². The van der Waals surface area contributed by atoms with Crippen molar-refractivity contribution in [2.75, 3.05) is 16.9 Å². The fourth-order valence-corrected chi connectivity index (χ4v) is 4.56. The maximum atomic E-state index is 13.6. The molecule has 33 heavy (non-hydrogen) atoms. The van der Waals surface area contributed by atoms with Crippen molar-refractivity contribution < 1.29 is 14.3 Å². The maximum absolute atomic E-state index is 13.6. The Morgan fingerprint density at radius 3 is 2.36 bits per heavy atom. The van der Waals surface area contributed by atoms with Gasteiger partial charge in [-0.3, -0.25) is 9.59 Å². The Balaban J connectivity index is 1.79. The number of methoxy groups -OCH3 is 1. The number of amides is 2. The third kappa shape index (κ3) is 4.36. The summed E-state index contributed by atoms with van der Waals surface area (Å²) < 4.78 is 5.32. The Morgan fingerprint density at radius 1 is 0.970 bits per heavy atom. The van der Waals surface area contributed by atoms with Gasteiger partial charge in [-0.1, -0.05) is 56.3 Å². The second-order valence-corrected chi connectivity index (χ2v) is 8.76. The molecule has 5 nitrogen and oxygen atoms in total. The summed E-state index contributed by atoms with van der Waals surface area (Å²) in [6, 6.07) is 24.7. The number of hydrogen-bond donors (Lipinski definition) is 0. The zero-order valence-electron chi connectivity index (χ0n) is 19.6. The molecule has 1 aliphatic rings. The molecule has 0 aromatic heterocycles. The van der Waals surface area contributed by atoms with Crippen LogP contribution in [0.5, 0.6) is 5.75 Å². The highest BCUT2D eigenvalue weighted by molar-refractivity contribution is 6.08. The molecule has 4 rings (SSSR count). The van der Waals surface area contributed by atoms with Gasteiger partial charge in [0.2, 0.25) is 5.91 Å². The van der Waals surface area contributed by atoms with E-state index in [1.165, 1.54) is 0 Å². The van der Waals surface area contributed by atoms with Crippen molar-refractivity contribution in [3.63, 3.8) is 0 Å². The first-order valence-electron chi connectivity index (χ1n) is 11.4. The molecule has 0 radical (unpaired) electrons. The molecule has 3 aromatic carbocycles. The molecular formula is C28H30N2O3. The quantitative estimate of drug-likeness (QED) is 0.497. The molecular weight excluding hydrogens is 412 g/mol. The molecule has 3 aromatic rings. The minimum atomic E-state index is -0.164. The van der Waals surface area contributed by atoms with Crippen molar-refractivity contribution in [1.29, 1.82) is 0 Å². The van der Waals surface area contributed by atoms with E-state index in [-0.39, 0.29) is 29.8 Å². The van der Waals surface area contributed by atoms with E-state index in [0.717, 1.165) is 16.9 Å². The molecule has 5 heteroatoms. The molecule has 0 saturated heterocycles. The lowest BCUT2D eigenvalue weighted by molar-refractivity contribution is -0.122. The van der Waals surface area contributed by atoms with Crippen LogP contribution in [0.4, 0.5) is 11.4 Å². The molecule has 0 bridgehead atoms. The summed E-state index contributed by atoms with van der Waals surface area (Å²) in [5.41, 5.74) is 3.26. The van der Waals surface area contributed by atoms with Crippen molar-refractivity contribution in [2.45, 2.75) is 39.3 Å². The van der Waals surface area contributed by atoms with Crippen molar-refractivity contribution in [3.8, 4) is 5.75 Å². The van der Waals surface area contributed by atoms with Crippen LogP contribution in [0.2, 0.25) is 0 Å². The first kappa shape index (κ1) is 22.6. The lowest BCUT2D eigenvalue weighted by atomic mass is 9.89. The van der Waals surface area contributed by atoms with E-state index < -0.39 is 0 Å². The minimum Gasteiger partial charge on any atom is -0.497 e. The number of hydrogen-bond acceptors (Lipinski definition) is 3. The third-order valence-electron chi connectivity index (χ3n) is 6.17. The highest BCUT2D eigenvalue weighted by atomic mass is 16.5. The van der Waals surface area contributed by atoms with Crippen molar-refractivity contribution >= 4 is 23.2 Å². The molecule has 0 fully saturated rings. The van der Waals surface area contributed by atoms with Crippen LogP contribution in [-0.2, 0) is 4.79 Å². The lowest BCUT2D eigenvalue weighted by Crippen LogP contribution is -2.48. The first-order valence-corrected chi connectivity index (χ1v) is 11.4. The van der Waals surface area contributed by atoms with Crippen molar-refractivity contribution in [3.05, 3.63) is 90.0 Å². The van der Waals surface area contributed by atoms with Gasteiger partial charge in [-0.05, 0) is 55.3 Å². The Labute approximate surface area is 195 Å². The molecule has 2 amide bonds. The number of ether oxygens (including phenoxy) is 1. The number of fused-ring (bicyclic) bond motifs is 1. The van der Waals surface area contributed by atoms with Gasteiger partial charge in [0.1, 0.15) is 5.75 Å². The standard InChI is InChI=1S/C28H30N2O3/c1-19(2)27(31)30(22-12-6-5-7-13-22)26-17-20(3)29(25-16-9-8-15-24(25)26)28(32)21-11-10-14-23(18-21)33-4/h5-16,18-20,26H,17H2,1-4H3. The van der Waals surface area contributed by atoms with Gasteiger partial charge >= 0.3 is 0 Å². The van der Waals surface area contributed by atoms with Gasteiger partial charge in [-0.15, -0.1) is 0 Å². The van der Waals surface area contributed by atoms with Crippen LogP contribution >= 0.6 is 0 Å². The smallest absolute Gasteiger partial charge is 0.258 e. The van der Waals surface area contributed by atoms with Crippen LogP contribution in [0.1, 0.15) is 49.2 Å². The zero-order chi connectivity index (χ0) is 23.5. The monoisotopic (exact) mass is 442 g/mol. The first-order chi connectivity index (χ1) is 15.9. The van der Waals surface area contributed by atoms with Gasteiger partial charge in [0.15, 0.2) is 0 Å². The largest absolute Gasteiger partial charge is 0.497 e. The van der Waals surface area contributed by atoms with E-state index in [9.17, 15) is 9.59 Å². The normalized spacial score (nSPS) is 17.4. The lowest BCUT2D eigenvalue weighted by Gasteiger charge is -2.44. The van der Waals surface area contributed by atoms with Gasteiger partial charge in [0.05, 0.1) is 13.2 Å². The average Bonchev–Trinajstić information content (AvgIpc) is 2.84. The Bertz CT molecular complexity index is 1140. The maximum Gasteiger partial charge on any atom is 0.258 e. The van der Waals surface area contributed by atoms with Gasteiger partial charge in [-0.2, -0.15) is 0 Å². The Hall–Kier alpha value is -3.60. The number of benzene rings is 3.